The van der Waals surface area contributed by atoms with Crippen LogP contribution in [0.15, 0.2) is 11.6 Å². The van der Waals surface area contributed by atoms with Gasteiger partial charge in [0.15, 0.2) is 0 Å². The van der Waals surface area contributed by atoms with Crippen LogP contribution in [0.2, 0.25) is 0 Å². The number of esters is 2. The van der Waals surface area contributed by atoms with E-state index in [2.05, 4.69) is 24.7 Å². The van der Waals surface area contributed by atoms with Crippen molar-refractivity contribution < 1.29 is 14.3 Å². The summed E-state index contributed by atoms with van der Waals surface area (Å²) in [5.41, 5.74) is 1.13. The predicted octanol–water partition coefficient (Wildman–Crippen LogP) is 4.16. The van der Waals surface area contributed by atoms with Gasteiger partial charge in [0.1, 0.15) is 0 Å². The molecule has 1 aliphatic rings. The number of carbonyl (C=O) groups excluding carboxylic acids is 2. The average molecular weight is 266 g/mol. The number of hydrogen-bond acceptors (Lipinski definition) is 3. The standard InChI is InChI=1S/C16H26O3/c1-3-5-7-9-11-13(10-8-6-4-2)14-12-15(17)19-16(14)18/h11,14H,3-10,12H2,1-2H3. The van der Waals surface area contributed by atoms with E-state index in [-0.39, 0.29) is 24.3 Å². The Labute approximate surface area is 116 Å². The second-order valence-electron chi connectivity index (χ2n) is 5.28. The van der Waals surface area contributed by atoms with Crippen LogP contribution in [0.3, 0.4) is 0 Å². The monoisotopic (exact) mass is 266 g/mol. The van der Waals surface area contributed by atoms with E-state index in [1.54, 1.807) is 0 Å². The lowest BCUT2D eigenvalue weighted by atomic mass is 9.91. The van der Waals surface area contributed by atoms with Gasteiger partial charge in [-0.2, -0.15) is 0 Å². The van der Waals surface area contributed by atoms with Crippen LogP contribution in [-0.2, 0) is 14.3 Å². The Kier molecular flexibility index (Phi) is 7.46. The van der Waals surface area contributed by atoms with Gasteiger partial charge in [-0.1, -0.05) is 51.2 Å². The summed E-state index contributed by atoms with van der Waals surface area (Å²) in [5, 5.41) is 0. The summed E-state index contributed by atoms with van der Waals surface area (Å²) < 4.78 is 4.67. The van der Waals surface area contributed by atoms with E-state index in [4.69, 9.17) is 0 Å². The van der Waals surface area contributed by atoms with Crippen molar-refractivity contribution >= 4 is 11.9 Å². The molecule has 1 fully saturated rings. The normalized spacial score (nSPS) is 19.9. The number of cyclic esters (lactones) is 2. The Balaban J connectivity index is 2.57. The number of unbranched alkanes of at least 4 members (excludes halogenated alkanes) is 5. The Hall–Kier alpha value is -1.12. The topological polar surface area (TPSA) is 43.4 Å². The van der Waals surface area contributed by atoms with Crippen molar-refractivity contribution in [2.45, 2.75) is 71.6 Å². The van der Waals surface area contributed by atoms with E-state index < -0.39 is 0 Å². The molecule has 0 saturated carbocycles. The minimum absolute atomic E-state index is 0.241. The predicted molar refractivity (Wildman–Crippen MR) is 75.6 cm³/mol. The van der Waals surface area contributed by atoms with Gasteiger partial charge in [-0.15, -0.1) is 0 Å². The lowest BCUT2D eigenvalue weighted by Gasteiger charge is -2.11. The van der Waals surface area contributed by atoms with Crippen LogP contribution < -0.4 is 0 Å². The molecule has 0 radical (unpaired) electrons. The van der Waals surface area contributed by atoms with Gasteiger partial charge in [0.05, 0.1) is 12.3 Å². The fraction of sp³-hybridized carbons (Fsp3) is 0.750. The summed E-state index contributed by atoms with van der Waals surface area (Å²) >= 11 is 0. The molecule has 0 aliphatic carbocycles. The first-order valence-electron chi connectivity index (χ1n) is 7.62. The first-order valence-corrected chi connectivity index (χ1v) is 7.62. The third-order valence-corrected chi connectivity index (χ3v) is 3.60. The van der Waals surface area contributed by atoms with Crippen LogP contribution in [-0.4, -0.2) is 11.9 Å². The highest BCUT2D eigenvalue weighted by Crippen LogP contribution is 2.28. The molecular weight excluding hydrogens is 240 g/mol. The molecule has 3 nitrogen and oxygen atoms in total. The van der Waals surface area contributed by atoms with E-state index in [9.17, 15) is 9.59 Å². The molecule has 3 heteroatoms. The average Bonchev–Trinajstić information content (AvgIpc) is 2.71. The van der Waals surface area contributed by atoms with Gasteiger partial charge < -0.3 is 4.74 Å². The van der Waals surface area contributed by atoms with Crippen LogP contribution in [0.5, 0.6) is 0 Å². The molecule has 1 atom stereocenters. The molecule has 1 rings (SSSR count). The van der Waals surface area contributed by atoms with Crippen molar-refractivity contribution in [2.24, 2.45) is 5.92 Å². The van der Waals surface area contributed by atoms with Crippen LogP contribution >= 0.6 is 0 Å². The van der Waals surface area contributed by atoms with Crippen LogP contribution in [0.4, 0.5) is 0 Å². The van der Waals surface area contributed by atoms with Crippen molar-refractivity contribution in [3.05, 3.63) is 11.6 Å². The highest BCUT2D eigenvalue weighted by Gasteiger charge is 2.35. The minimum Gasteiger partial charge on any atom is -0.393 e. The van der Waals surface area contributed by atoms with E-state index in [0.29, 0.717) is 0 Å². The van der Waals surface area contributed by atoms with Gasteiger partial charge in [-0.3, -0.25) is 9.59 Å². The van der Waals surface area contributed by atoms with Crippen molar-refractivity contribution in [2.75, 3.05) is 0 Å². The molecule has 0 amide bonds. The van der Waals surface area contributed by atoms with Crippen molar-refractivity contribution in [1.82, 2.24) is 0 Å². The van der Waals surface area contributed by atoms with Crippen molar-refractivity contribution in [3.8, 4) is 0 Å². The zero-order valence-electron chi connectivity index (χ0n) is 12.2. The second-order valence-corrected chi connectivity index (χ2v) is 5.28. The maximum absolute atomic E-state index is 11.7. The quantitative estimate of drug-likeness (QED) is 0.272. The highest BCUT2D eigenvalue weighted by molar-refractivity contribution is 5.96. The Morgan fingerprint density at radius 2 is 1.84 bits per heavy atom. The number of hydrogen-bond donors (Lipinski definition) is 0. The SMILES string of the molecule is CCCCCC=C(CCCCC)C1CC(=O)OC1=O. The molecular formula is C16H26O3. The Morgan fingerprint density at radius 3 is 2.42 bits per heavy atom. The van der Waals surface area contributed by atoms with Gasteiger partial charge in [-0.05, 0) is 25.7 Å². The smallest absolute Gasteiger partial charge is 0.321 e. The third kappa shape index (κ3) is 5.58. The molecule has 1 aliphatic heterocycles. The number of carbonyl (C=O) groups is 2. The number of ether oxygens (including phenoxy) is 1. The molecule has 0 aromatic carbocycles. The maximum Gasteiger partial charge on any atom is 0.321 e. The largest absolute Gasteiger partial charge is 0.393 e. The van der Waals surface area contributed by atoms with Gasteiger partial charge >= 0.3 is 11.9 Å². The zero-order chi connectivity index (χ0) is 14.1. The van der Waals surface area contributed by atoms with E-state index in [0.717, 1.165) is 37.7 Å². The number of allylic oxidation sites excluding steroid dienone is 1. The third-order valence-electron chi connectivity index (χ3n) is 3.60. The van der Waals surface area contributed by atoms with Crippen LogP contribution in [0.1, 0.15) is 71.6 Å². The molecule has 1 saturated heterocycles. The Morgan fingerprint density at radius 1 is 1.16 bits per heavy atom. The van der Waals surface area contributed by atoms with E-state index in [1.165, 1.54) is 19.3 Å². The lowest BCUT2D eigenvalue weighted by Crippen LogP contribution is -2.11. The lowest BCUT2D eigenvalue weighted by molar-refractivity contribution is -0.152. The molecule has 108 valence electrons. The van der Waals surface area contributed by atoms with Gasteiger partial charge in [0.25, 0.3) is 0 Å². The van der Waals surface area contributed by atoms with Crippen molar-refractivity contribution in [3.63, 3.8) is 0 Å². The fourth-order valence-electron chi connectivity index (χ4n) is 2.44. The molecule has 0 bridgehead atoms. The van der Waals surface area contributed by atoms with Crippen LogP contribution in [0.25, 0.3) is 0 Å². The zero-order valence-corrected chi connectivity index (χ0v) is 12.2. The molecule has 19 heavy (non-hydrogen) atoms. The Bertz CT molecular complexity index is 331. The highest BCUT2D eigenvalue weighted by atomic mass is 16.6. The van der Waals surface area contributed by atoms with E-state index >= 15 is 0 Å². The molecule has 0 N–H and O–H groups in total. The summed E-state index contributed by atoms with van der Waals surface area (Å²) in [7, 11) is 0. The van der Waals surface area contributed by atoms with E-state index in [1.807, 2.05) is 0 Å². The van der Waals surface area contributed by atoms with Gasteiger partial charge in [-0.25, -0.2) is 0 Å². The van der Waals surface area contributed by atoms with Gasteiger partial charge in [0, 0.05) is 0 Å². The first kappa shape index (κ1) is 15.9. The molecule has 0 spiro atoms. The summed E-state index contributed by atoms with van der Waals surface area (Å²) in [6, 6.07) is 0. The summed E-state index contributed by atoms with van der Waals surface area (Å²) in [6.45, 7) is 4.34. The van der Waals surface area contributed by atoms with Crippen LogP contribution in [0, 0.1) is 5.92 Å². The molecule has 0 aromatic heterocycles. The summed E-state index contributed by atoms with van der Waals surface area (Å²) in [6.07, 6.45) is 11.3. The molecule has 1 heterocycles. The first-order chi connectivity index (χ1) is 9.19. The summed E-state index contributed by atoms with van der Waals surface area (Å²) in [4.78, 5) is 22.9. The maximum atomic E-state index is 11.7. The second kappa shape index (κ2) is 8.89. The number of rotatable bonds is 9. The molecule has 0 aromatic rings. The fourth-order valence-corrected chi connectivity index (χ4v) is 2.44. The van der Waals surface area contributed by atoms with Crippen molar-refractivity contribution in [1.29, 1.82) is 0 Å². The minimum atomic E-state index is -0.370. The summed E-state index contributed by atoms with van der Waals surface area (Å²) in [5.74, 6) is -1.01. The van der Waals surface area contributed by atoms with Gasteiger partial charge in [0.2, 0.25) is 0 Å². The molecule has 1 unspecified atom stereocenters.